The molecule has 1 saturated carbocycles. The van der Waals surface area contributed by atoms with E-state index in [1.807, 2.05) is 31.2 Å². The average Bonchev–Trinajstić information content (AvgIpc) is 2.93. The molecule has 0 spiro atoms. The molecule has 27 heavy (non-hydrogen) atoms. The van der Waals surface area contributed by atoms with Crippen LogP contribution < -0.4 is 10.0 Å². The summed E-state index contributed by atoms with van der Waals surface area (Å²) in [6, 6.07) is 8.06. The number of sulfonamides is 1. The predicted molar refractivity (Wildman–Crippen MR) is 106 cm³/mol. The molecule has 0 saturated heterocycles. The third-order valence-electron chi connectivity index (χ3n) is 5.19. The minimum atomic E-state index is -3.17. The van der Waals surface area contributed by atoms with E-state index < -0.39 is 10.0 Å². The molecule has 0 unspecified atom stereocenters. The maximum Gasteiger partial charge on any atom is 0.222 e. The first-order valence-electron chi connectivity index (χ1n) is 9.47. The maximum atomic E-state index is 12.4. The second kappa shape index (κ2) is 8.39. The minimum Gasteiger partial charge on any atom is -0.353 e. The second-order valence-corrected chi connectivity index (χ2v) is 9.30. The SMILES string of the molecule is Cc1nc2ccccc2n1CCC(=O)N[C@H]1CCC[C@@H](CNS(C)(=O)=O)C1. The number of amides is 1. The molecule has 0 aliphatic heterocycles. The normalized spacial score (nSPS) is 20.7. The molecule has 0 radical (unpaired) electrons. The zero-order valence-corrected chi connectivity index (χ0v) is 16.8. The van der Waals surface area contributed by atoms with Gasteiger partial charge in [0.25, 0.3) is 0 Å². The van der Waals surface area contributed by atoms with Gasteiger partial charge in [-0.1, -0.05) is 18.6 Å². The molecule has 1 aromatic carbocycles. The number of nitrogens with one attached hydrogen (secondary N) is 2. The summed E-state index contributed by atoms with van der Waals surface area (Å²) in [4.78, 5) is 17.0. The van der Waals surface area contributed by atoms with Crippen LogP contribution in [0.3, 0.4) is 0 Å². The summed E-state index contributed by atoms with van der Waals surface area (Å²) in [5.74, 6) is 1.22. The summed E-state index contributed by atoms with van der Waals surface area (Å²) in [7, 11) is -3.17. The van der Waals surface area contributed by atoms with Crippen molar-refractivity contribution in [1.29, 1.82) is 0 Å². The Morgan fingerprint density at radius 3 is 2.85 bits per heavy atom. The highest BCUT2D eigenvalue weighted by Gasteiger charge is 2.24. The van der Waals surface area contributed by atoms with Crippen LogP contribution in [0.15, 0.2) is 24.3 Å². The number of imidazole rings is 1. The van der Waals surface area contributed by atoms with Gasteiger partial charge in [-0.15, -0.1) is 0 Å². The van der Waals surface area contributed by atoms with E-state index in [0.717, 1.165) is 42.5 Å². The lowest BCUT2D eigenvalue weighted by Gasteiger charge is -2.29. The average molecular weight is 393 g/mol. The lowest BCUT2D eigenvalue weighted by Crippen LogP contribution is -2.41. The second-order valence-electron chi connectivity index (χ2n) is 7.47. The van der Waals surface area contributed by atoms with E-state index in [4.69, 9.17) is 0 Å². The summed E-state index contributed by atoms with van der Waals surface area (Å²) in [5, 5.41) is 3.13. The van der Waals surface area contributed by atoms with Crippen molar-refractivity contribution in [2.75, 3.05) is 12.8 Å². The minimum absolute atomic E-state index is 0.0360. The Morgan fingerprint density at radius 1 is 1.30 bits per heavy atom. The van der Waals surface area contributed by atoms with E-state index >= 15 is 0 Å². The number of rotatable bonds is 7. The van der Waals surface area contributed by atoms with Crippen molar-refractivity contribution in [2.24, 2.45) is 5.92 Å². The fourth-order valence-corrected chi connectivity index (χ4v) is 4.41. The van der Waals surface area contributed by atoms with E-state index in [2.05, 4.69) is 19.6 Å². The summed E-state index contributed by atoms with van der Waals surface area (Å²) >= 11 is 0. The zero-order valence-electron chi connectivity index (χ0n) is 15.9. The van der Waals surface area contributed by atoms with Crippen molar-refractivity contribution in [1.82, 2.24) is 19.6 Å². The molecule has 3 rings (SSSR count). The van der Waals surface area contributed by atoms with E-state index in [-0.39, 0.29) is 17.9 Å². The van der Waals surface area contributed by atoms with Gasteiger partial charge >= 0.3 is 0 Å². The van der Waals surface area contributed by atoms with Crippen molar-refractivity contribution >= 4 is 27.0 Å². The Balaban J connectivity index is 1.51. The largest absolute Gasteiger partial charge is 0.353 e. The molecule has 7 nitrogen and oxygen atoms in total. The molecule has 2 N–H and O–H groups in total. The third-order valence-corrected chi connectivity index (χ3v) is 5.88. The lowest BCUT2D eigenvalue weighted by atomic mass is 9.86. The first kappa shape index (κ1) is 19.8. The molecule has 1 aliphatic rings. The van der Waals surface area contributed by atoms with Crippen molar-refractivity contribution in [2.45, 2.75) is 51.6 Å². The summed E-state index contributed by atoms with van der Waals surface area (Å²) < 4.78 is 27.2. The number of aromatic nitrogens is 2. The Kier molecular flexibility index (Phi) is 6.16. The molecule has 2 atom stereocenters. The molecule has 8 heteroatoms. The molecule has 148 valence electrons. The Labute approximate surface area is 160 Å². The van der Waals surface area contributed by atoms with Crippen LogP contribution in [0.4, 0.5) is 0 Å². The summed E-state index contributed by atoms with van der Waals surface area (Å²) in [5.41, 5.74) is 2.00. The summed E-state index contributed by atoms with van der Waals surface area (Å²) in [6.45, 7) is 3.01. The molecule has 1 aliphatic carbocycles. The maximum absolute atomic E-state index is 12.4. The number of fused-ring (bicyclic) bond motifs is 1. The van der Waals surface area contributed by atoms with Crippen molar-refractivity contribution < 1.29 is 13.2 Å². The van der Waals surface area contributed by atoms with Gasteiger partial charge in [0.05, 0.1) is 17.3 Å². The van der Waals surface area contributed by atoms with Gasteiger partial charge in [0, 0.05) is 25.6 Å². The number of para-hydroxylation sites is 2. The fourth-order valence-electron chi connectivity index (χ4n) is 3.87. The van der Waals surface area contributed by atoms with Crippen molar-refractivity contribution in [3.05, 3.63) is 30.1 Å². The van der Waals surface area contributed by atoms with Gasteiger partial charge in [-0.05, 0) is 44.2 Å². The van der Waals surface area contributed by atoms with Gasteiger partial charge in [0.2, 0.25) is 15.9 Å². The fraction of sp³-hybridized carbons (Fsp3) is 0.579. The Bertz CT molecular complexity index is 907. The molecule has 1 aromatic heterocycles. The number of hydrogen-bond acceptors (Lipinski definition) is 4. The lowest BCUT2D eigenvalue weighted by molar-refractivity contribution is -0.122. The van der Waals surface area contributed by atoms with E-state index in [0.29, 0.717) is 19.5 Å². The standard InChI is InChI=1S/C19H28N4O3S/c1-14-21-17-8-3-4-9-18(17)23(14)11-10-19(24)22-16-7-5-6-15(12-16)13-20-27(2,25)26/h3-4,8-9,15-16,20H,5-7,10-13H2,1-2H3,(H,22,24)/t15-,16+/m1/s1. The Morgan fingerprint density at radius 2 is 2.07 bits per heavy atom. The highest BCUT2D eigenvalue weighted by Crippen LogP contribution is 2.24. The van der Waals surface area contributed by atoms with Gasteiger partial charge in [-0.2, -0.15) is 0 Å². The number of nitrogens with zero attached hydrogens (tertiary/aromatic N) is 2. The van der Waals surface area contributed by atoms with Crippen LogP contribution in [0.25, 0.3) is 11.0 Å². The van der Waals surface area contributed by atoms with Gasteiger partial charge in [0.1, 0.15) is 5.82 Å². The highest BCUT2D eigenvalue weighted by molar-refractivity contribution is 7.88. The van der Waals surface area contributed by atoms with Gasteiger partial charge < -0.3 is 9.88 Å². The third kappa shape index (κ3) is 5.52. The van der Waals surface area contributed by atoms with Gasteiger partial charge in [-0.3, -0.25) is 4.79 Å². The van der Waals surface area contributed by atoms with Crippen LogP contribution in [0.5, 0.6) is 0 Å². The number of carbonyl (C=O) groups excluding carboxylic acids is 1. The first-order chi connectivity index (χ1) is 12.8. The molecule has 2 aromatic rings. The van der Waals surface area contributed by atoms with Crippen LogP contribution in [0.1, 0.15) is 37.9 Å². The van der Waals surface area contributed by atoms with Crippen LogP contribution in [-0.4, -0.2) is 42.7 Å². The number of carbonyl (C=O) groups is 1. The van der Waals surface area contributed by atoms with Gasteiger partial charge in [-0.25, -0.2) is 18.1 Å². The van der Waals surface area contributed by atoms with Crippen LogP contribution in [0, 0.1) is 12.8 Å². The quantitative estimate of drug-likeness (QED) is 0.753. The van der Waals surface area contributed by atoms with Crippen molar-refractivity contribution in [3.8, 4) is 0 Å². The van der Waals surface area contributed by atoms with E-state index in [1.165, 1.54) is 6.26 Å². The van der Waals surface area contributed by atoms with Crippen LogP contribution in [-0.2, 0) is 21.4 Å². The molecular formula is C19H28N4O3S. The van der Waals surface area contributed by atoms with Gasteiger partial charge in [0.15, 0.2) is 0 Å². The number of benzene rings is 1. The zero-order chi connectivity index (χ0) is 19.4. The topological polar surface area (TPSA) is 93.1 Å². The van der Waals surface area contributed by atoms with Crippen LogP contribution >= 0.6 is 0 Å². The number of aryl methyl sites for hydroxylation is 2. The molecular weight excluding hydrogens is 364 g/mol. The Hall–Kier alpha value is -1.93. The smallest absolute Gasteiger partial charge is 0.222 e. The molecule has 1 amide bonds. The number of hydrogen-bond donors (Lipinski definition) is 2. The first-order valence-corrected chi connectivity index (χ1v) is 11.4. The monoisotopic (exact) mass is 392 g/mol. The summed E-state index contributed by atoms with van der Waals surface area (Å²) in [6.07, 6.45) is 5.36. The molecule has 1 heterocycles. The van der Waals surface area contributed by atoms with Crippen LogP contribution in [0.2, 0.25) is 0 Å². The predicted octanol–water partition coefficient (Wildman–Crippen LogP) is 1.96. The highest BCUT2D eigenvalue weighted by atomic mass is 32.2. The molecule has 0 bridgehead atoms. The van der Waals surface area contributed by atoms with E-state index in [9.17, 15) is 13.2 Å². The van der Waals surface area contributed by atoms with E-state index in [1.54, 1.807) is 0 Å². The van der Waals surface area contributed by atoms with Crippen molar-refractivity contribution in [3.63, 3.8) is 0 Å². The molecule has 1 fully saturated rings.